The van der Waals surface area contributed by atoms with Gasteiger partial charge in [-0.2, -0.15) is 13.2 Å². The van der Waals surface area contributed by atoms with Crippen LogP contribution in [0.4, 0.5) is 13.2 Å². The van der Waals surface area contributed by atoms with E-state index in [9.17, 15) is 22.8 Å². The number of ether oxygens (including phenoxy) is 1. The first kappa shape index (κ1) is 14.7. The highest BCUT2D eigenvalue weighted by molar-refractivity contribution is 5.98. The van der Waals surface area contributed by atoms with Crippen molar-refractivity contribution in [2.75, 3.05) is 20.2 Å². The van der Waals surface area contributed by atoms with Crippen molar-refractivity contribution in [3.05, 3.63) is 0 Å². The summed E-state index contributed by atoms with van der Waals surface area (Å²) in [4.78, 5) is 23.3. The number of hydrogen-bond acceptors (Lipinski definition) is 3. The molecule has 1 atom stereocenters. The number of hydrogen-bond donors (Lipinski definition) is 0. The van der Waals surface area contributed by atoms with Gasteiger partial charge < -0.3 is 9.64 Å². The average Bonchev–Trinajstić information content (AvgIpc) is 2.17. The second-order valence-electron chi connectivity index (χ2n) is 3.01. The van der Waals surface area contributed by atoms with Crippen LogP contribution in [0.1, 0.15) is 13.8 Å². The lowest BCUT2D eigenvalue weighted by molar-refractivity contribution is -0.201. The highest BCUT2D eigenvalue weighted by atomic mass is 19.4. The zero-order chi connectivity index (χ0) is 12.9. The van der Waals surface area contributed by atoms with Crippen LogP contribution in [0.15, 0.2) is 0 Å². The Morgan fingerprint density at radius 3 is 1.94 bits per heavy atom. The van der Waals surface area contributed by atoms with Crippen LogP contribution in [0.25, 0.3) is 0 Å². The van der Waals surface area contributed by atoms with Crippen molar-refractivity contribution in [2.45, 2.75) is 20.0 Å². The van der Waals surface area contributed by atoms with Gasteiger partial charge in [0.15, 0.2) is 0 Å². The van der Waals surface area contributed by atoms with Crippen molar-refractivity contribution in [2.24, 2.45) is 5.92 Å². The summed E-state index contributed by atoms with van der Waals surface area (Å²) in [5.41, 5.74) is 0. The molecule has 94 valence electrons. The van der Waals surface area contributed by atoms with Gasteiger partial charge in [-0.3, -0.25) is 9.59 Å². The molecule has 0 aliphatic carbocycles. The van der Waals surface area contributed by atoms with E-state index in [1.54, 1.807) is 0 Å². The molecule has 16 heavy (non-hydrogen) atoms. The Balaban J connectivity index is 5.05. The van der Waals surface area contributed by atoms with Crippen LogP contribution in [-0.4, -0.2) is 43.2 Å². The largest absolute Gasteiger partial charge is 0.468 e. The first-order valence-corrected chi connectivity index (χ1v) is 4.72. The predicted molar refractivity (Wildman–Crippen MR) is 49.5 cm³/mol. The molecule has 0 heterocycles. The number of methoxy groups -OCH3 is 1. The molecule has 0 aromatic rings. The molecule has 1 unspecified atom stereocenters. The highest BCUT2D eigenvalue weighted by Gasteiger charge is 2.52. The van der Waals surface area contributed by atoms with Gasteiger partial charge in [0, 0.05) is 13.1 Å². The number of alkyl halides is 3. The fourth-order valence-electron chi connectivity index (χ4n) is 1.21. The Hall–Kier alpha value is -1.27. The molecule has 0 fully saturated rings. The molecule has 0 aliphatic heterocycles. The zero-order valence-electron chi connectivity index (χ0n) is 9.30. The Morgan fingerprint density at radius 1 is 1.25 bits per heavy atom. The fraction of sp³-hybridized carbons (Fsp3) is 0.778. The van der Waals surface area contributed by atoms with Crippen molar-refractivity contribution >= 4 is 11.9 Å². The summed E-state index contributed by atoms with van der Waals surface area (Å²) >= 11 is 0. The van der Waals surface area contributed by atoms with Crippen molar-refractivity contribution < 1.29 is 27.5 Å². The molecule has 0 saturated heterocycles. The number of esters is 1. The van der Waals surface area contributed by atoms with Gasteiger partial charge >= 0.3 is 12.1 Å². The molecule has 0 radical (unpaired) electrons. The highest BCUT2D eigenvalue weighted by Crippen LogP contribution is 2.28. The van der Waals surface area contributed by atoms with E-state index in [1.165, 1.54) is 13.8 Å². The summed E-state index contributed by atoms with van der Waals surface area (Å²) in [6.45, 7) is 3.29. The monoisotopic (exact) mass is 241 g/mol. The molecule has 0 aliphatic rings. The van der Waals surface area contributed by atoms with Gasteiger partial charge in [-0.1, -0.05) is 0 Å². The quantitative estimate of drug-likeness (QED) is 0.549. The molecule has 0 N–H and O–H groups in total. The minimum absolute atomic E-state index is 0.110. The van der Waals surface area contributed by atoms with Crippen LogP contribution in [0.2, 0.25) is 0 Å². The minimum atomic E-state index is -4.92. The van der Waals surface area contributed by atoms with E-state index in [0.717, 1.165) is 12.0 Å². The fourth-order valence-corrected chi connectivity index (χ4v) is 1.21. The summed E-state index contributed by atoms with van der Waals surface area (Å²) < 4.78 is 41.5. The smallest absolute Gasteiger partial charge is 0.411 e. The van der Waals surface area contributed by atoms with Crippen LogP contribution in [0.5, 0.6) is 0 Å². The molecule has 0 rings (SSSR count). The molecule has 0 bridgehead atoms. The third kappa shape index (κ3) is 3.39. The van der Waals surface area contributed by atoms with Crippen LogP contribution < -0.4 is 0 Å². The topological polar surface area (TPSA) is 46.6 Å². The van der Waals surface area contributed by atoms with Gasteiger partial charge in [0.05, 0.1) is 7.11 Å². The lowest BCUT2D eigenvalue weighted by Crippen LogP contribution is -2.46. The molecule has 0 aromatic heterocycles. The van der Waals surface area contributed by atoms with Gasteiger partial charge in [0.25, 0.3) is 0 Å². The number of carbonyl (C=O) groups excluding carboxylic acids is 2. The van der Waals surface area contributed by atoms with E-state index in [4.69, 9.17) is 0 Å². The summed E-state index contributed by atoms with van der Waals surface area (Å²) in [6.07, 6.45) is -4.92. The maximum absolute atomic E-state index is 12.5. The van der Waals surface area contributed by atoms with Crippen LogP contribution in [0, 0.1) is 5.92 Å². The molecule has 4 nitrogen and oxygen atoms in total. The van der Waals surface area contributed by atoms with E-state index < -0.39 is 24.0 Å². The summed E-state index contributed by atoms with van der Waals surface area (Å²) in [6, 6.07) is 0. The molecule has 0 spiro atoms. The van der Waals surface area contributed by atoms with Crippen molar-refractivity contribution in [1.29, 1.82) is 0 Å². The maximum atomic E-state index is 12.5. The molecule has 7 heteroatoms. The van der Waals surface area contributed by atoms with Crippen molar-refractivity contribution in [1.82, 2.24) is 4.90 Å². The Bertz CT molecular complexity index is 261. The van der Waals surface area contributed by atoms with Crippen LogP contribution >= 0.6 is 0 Å². The molecule has 0 saturated carbocycles. The van der Waals surface area contributed by atoms with E-state index in [2.05, 4.69) is 4.74 Å². The number of carbonyl (C=O) groups is 2. The predicted octanol–water partition coefficient (Wildman–Crippen LogP) is 1.21. The summed E-state index contributed by atoms with van der Waals surface area (Å²) in [5, 5.41) is 0. The first-order valence-electron chi connectivity index (χ1n) is 4.72. The molecular weight excluding hydrogens is 227 g/mol. The van der Waals surface area contributed by atoms with Crippen LogP contribution in [-0.2, 0) is 14.3 Å². The minimum Gasteiger partial charge on any atom is -0.468 e. The van der Waals surface area contributed by atoms with Crippen molar-refractivity contribution in [3.63, 3.8) is 0 Å². The summed E-state index contributed by atoms with van der Waals surface area (Å²) in [5.74, 6) is -5.58. The normalized spacial score (nSPS) is 13.1. The lowest BCUT2D eigenvalue weighted by atomic mass is 10.1. The third-order valence-corrected chi connectivity index (χ3v) is 2.09. The second kappa shape index (κ2) is 5.72. The van der Waals surface area contributed by atoms with E-state index in [0.29, 0.717) is 0 Å². The second-order valence-corrected chi connectivity index (χ2v) is 3.01. The number of amides is 1. The van der Waals surface area contributed by atoms with E-state index >= 15 is 0 Å². The Kier molecular flexibility index (Phi) is 5.26. The number of rotatable bonds is 4. The van der Waals surface area contributed by atoms with Gasteiger partial charge in [0.2, 0.25) is 11.8 Å². The van der Waals surface area contributed by atoms with Gasteiger partial charge in [-0.05, 0) is 13.8 Å². The van der Waals surface area contributed by atoms with Gasteiger partial charge in [-0.25, -0.2) is 0 Å². The van der Waals surface area contributed by atoms with Crippen LogP contribution in [0.3, 0.4) is 0 Å². The third-order valence-electron chi connectivity index (χ3n) is 2.09. The van der Waals surface area contributed by atoms with Gasteiger partial charge in [0.1, 0.15) is 0 Å². The summed E-state index contributed by atoms with van der Waals surface area (Å²) in [7, 11) is 0.816. The molecule has 0 aromatic carbocycles. The van der Waals surface area contributed by atoms with E-state index in [1.807, 2.05) is 0 Å². The zero-order valence-corrected chi connectivity index (χ0v) is 9.30. The Morgan fingerprint density at radius 2 is 1.69 bits per heavy atom. The number of nitrogens with zero attached hydrogens (tertiary/aromatic N) is 1. The maximum Gasteiger partial charge on any atom is 0.411 e. The Labute approximate surface area is 91.4 Å². The van der Waals surface area contributed by atoms with Crippen molar-refractivity contribution in [3.8, 4) is 0 Å². The van der Waals surface area contributed by atoms with Gasteiger partial charge in [-0.15, -0.1) is 0 Å². The first-order chi connectivity index (χ1) is 7.29. The SMILES string of the molecule is CCN(CC)C(=O)C(C(=O)OC)C(F)(F)F. The lowest BCUT2D eigenvalue weighted by Gasteiger charge is -2.24. The average molecular weight is 241 g/mol. The molecular formula is C9H14F3NO3. The number of halogens is 3. The van der Waals surface area contributed by atoms with E-state index in [-0.39, 0.29) is 13.1 Å². The molecule has 1 amide bonds. The standard InChI is InChI=1S/C9H14F3NO3/c1-4-13(5-2)7(14)6(8(15)16-3)9(10,11)12/h6H,4-5H2,1-3H3.